The number of ether oxygens (including phenoxy) is 2. The Labute approximate surface area is 218 Å². The number of imidazole rings is 1. The van der Waals surface area contributed by atoms with E-state index in [1.54, 1.807) is 6.07 Å². The van der Waals surface area contributed by atoms with E-state index in [1.165, 1.54) is 29.1 Å². The molecule has 0 aliphatic heterocycles. The normalized spacial score (nSPS) is 11.3. The first-order valence-corrected chi connectivity index (χ1v) is 15.4. The summed E-state index contributed by atoms with van der Waals surface area (Å²) in [6.07, 6.45) is 1.40. The fourth-order valence-corrected chi connectivity index (χ4v) is 4.23. The van der Waals surface area contributed by atoms with E-state index in [0.717, 1.165) is 18.2 Å². The number of amides is 1. The lowest BCUT2D eigenvalue weighted by Gasteiger charge is -2.16. The van der Waals surface area contributed by atoms with Crippen molar-refractivity contribution in [2.75, 3.05) is 6.61 Å². The number of halogens is 4. The van der Waals surface area contributed by atoms with E-state index >= 15 is 4.39 Å². The van der Waals surface area contributed by atoms with Crippen LogP contribution >= 0.6 is 23.2 Å². The minimum Gasteiger partial charge on any atom is -0.453 e. The molecule has 1 heterocycles. The molecule has 0 bridgehead atoms. The summed E-state index contributed by atoms with van der Waals surface area (Å²) in [6, 6.07) is 8.86. The lowest BCUT2D eigenvalue weighted by atomic mass is 10.2. The first-order chi connectivity index (χ1) is 17.0. The van der Waals surface area contributed by atoms with Crippen molar-refractivity contribution in [3.8, 4) is 17.6 Å². The molecule has 0 atom stereocenters. The van der Waals surface area contributed by atoms with Crippen molar-refractivity contribution in [1.29, 1.82) is 5.26 Å². The maximum atomic E-state index is 15.2. The summed E-state index contributed by atoms with van der Waals surface area (Å²) in [5, 5.41) is 11.5. The van der Waals surface area contributed by atoms with Crippen LogP contribution in [0.4, 0.5) is 8.78 Å². The average molecular weight is 553 g/mol. The van der Waals surface area contributed by atoms with Crippen LogP contribution in [0.25, 0.3) is 0 Å². The standard InChI is InChI=1S/C24H24Cl2F2N4O3Si/c1-36(2,3)9-8-34-14-32-13-31-23(26)21(32)24(33)30-12-15-4-6-18(25)22(20(15)28)35-17-5-7-19(27)16(10-17)11-29/h4-7,10,13H,8-9,12,14H2,1-3H3,(H,30,33). The quantitative estimate of drug-likeness (QED) is 0.233. The summed E-state index contributed by atoms with van der Waals surface area (Å²) in [5.74, 6) is -2.41. The maximum absolute atomic E-state index is 15.2. The van der Waals surface area contributed by atoms with Gasteiger partial charge in [0.2, 0.25) is 0 Å². The zero-order valence-corrected chi connectivity index (χ0v) is 22.4. The van der Waals surface area contributed by atoms with Gasteiger partial charge in [-0.2, -0.15) is 5.26 Å². The molecule has 0 spiro atoms. The van der Waals surface area contributed by atoms with E-state index < -0.39 is 25.6 Å². The maximum Gasteiger partial charge on any atom is 0.271 e. The number of aromatic nitrogens is 2. The van der Waals surface area contributed by atoms with Crippen molar-refractivity contribution in [3.63, 3.8) is 0 Å². The number of nitriles is 1. The minimum absolute atomic E-state index is 0.00787. The fourth-order valence-electron chi connectivity index (χ4n) is 3.05. The molecule has 1 amide bonds. The van der Waals surface area contributed by atoms with Gasteiger partial charge in [-0.15, -0.1) is 0 Å². The first kappa shape index (κ1) is 27.6. The Balaban J connectivity index is 1.70. The number of rotatable bonds is 10. The highest BCUT2D eigenvalue weighted by molar-refractivity contribution is 6.76. The third kappa shape index (κ3) is 7.04. The van der Waals surface area contributed by atoms with Gasteiger partial charge in [0, 0.05) is 32.9 Å². The summed E-state index contributed by atoms with van der Waals surface area (Å²) < 4.78 is 41.4. The van der Waals surface area contributed by atoms with Crippen molar-refractivity contribution >= 4 is 37.2 Å². The van der Waals surface area contributed by atoms with Crippen LogP contribution in [0, 0.1) is 23.0 Å². The van der Waals surface area contributed by atoms with Crippen molar-refractivity contribution in [2.24, 2.45) is 0 Å². The molecule has 3 aromatic rings. The number of hydrogen-bond acceptors (Lipinski definition) is 5. The summed E-state index contributed by atoms with van der Waals surface area (Å²) in [4.78, 5) is 16.8. The van der Waals surface area contributed by atoms with Crippen LogP contribution in [-0.4, -0.2) is 30.1 Å². The number of carbonyl (C=O) groups is 1. The van der Waals surface area contributed by atoms with Crippen LogP contribution in [-0.2, 0) is 18.0 Å². The highest BCUT2D eigenvalue weighted by Crippen LogP contribution is 2.34. The summed E-state index contributed by atoms with van der Waals surface area (Å²) in [7, 11) is -1.26. The second kappa shape index (κ2) is 11.8. The van der Waals surface area contributed by atoms with Crippen LogP contribution in [0.2, 0.25) is 35.9 Å². The number of nitrogens with zero attached hydrogens (tertiary/aromatic N) is 3. The Morgan fingerprint density at radius 3 is 2.67 bits per heavy atom. The molecule has 12 heteroatoms. The zero-order valence-electron chi connectivity index (χ0n) is 19.9. The molecule has 0 saturated carbocycles. The molecule has 7 nitrogen and oxygen atoms in total. The van der Waals surface area contributed by atoms with E-state index in [9.17, 15) is 9.18 Å². The van der Waals surface area contributed by atoms with Gasteiger partial charge in [-0.1, -0.05) is 48.9 Å². The Morgan fingerprint density at radius 2 is 1.97 bits per heavy atom. The molecule has 3 rings (SSSR count). The lowest BCUT2D eigenvalue weighted by molar-refractivity contribution is 0.0789. The van der Waals surface area contributed by atoms with Crippen LogP contribution in [0.3, 0.4) is 0 Å². The van der Waals surface area contributed by atoms with Gasteiger partial charge in [-0.25, -0.2) is 13.8 Å². The van der Waals surface area contributed by atoms with Crippen LogP contribution < -0.4 is 10.1 Å². The fraction of sp³-hybridized carbons (Fsp3) is 0.292. The second-order valence-electron chi connectivity index (χ2n) is 9.09. The third-order valence-electron chi connectivity index (χ3n) is 5.08. The van der Waals surface area contributed by atoms with Crippen LogP contribution in [0.1, 0.15) is 21.6 Å². The monoisotopic (exact) mass is 552 g/mol. The van der Waals surface area contributed by atoms with E-state index in [-0.39, 0.29) is 51.8 Å². The molecule has 2 aromatic carbocycles. The SMILES string of the molecule is C[Si](C)(C)CCOCn1cnc(Cl)c1C(=O)NCc1ccc(Cl)c(Oc2ccc(F)c(C#N)c2)c1F. The molecule has 1 aromatic heterocycles. The predicted octanol–water partition coefficient (Wildman–Crippen LogP) is 6.37. The third-order valence-corrected chi connectivity index (χ3v) is 7.36. The molecule has 1 N–H and O–H groups in total. The van der Waals surface area contributed by atoms with Crippen molar-refractivity contribution in [2.45, 2.75) is 39.0 Å². The van der Waals surface area contributed by atoms with Crippen LogP contribution in [0.5, 0.6) is 11.5 Å². The lowest BCUT2D eigenvalue weighted by Crippen LogP contribution is -2.27. The van der Waals surface area contributed by atoms with Gasteiger partial charge in [-0.3, -0.25) is 4.79 Å². The van der Waals surface area contributed by atoms with Gasteiger partial charge in [0.25, 0.3) is 5.91 Å². The van der Waals surface area contributed by atoms with Gasteiger partial charge in [0.05, 0.1) is 16.9 Å². The van der Waals surface area contributed by atoms with Gasteiger partial charge < -0.3 is 19.4 Å². The topological polar surface area (TPSA) is 89.2 Å². The smallest absolute Gasteiger partial charge is 0.271 e. The molecular weight excluding hydrogens is 529 g/mol. The zero-order chi connectivity index (χ0) is 26.5. The largest absolute Gasteiger partial charge is 0.453 e. The van der Waals surface area contributed by atoms with E-state index in [2.05, 4.69) is 29.9 Å². The van der Waals surface area contributed by atoms with Gasteiger partial charge in [-0.05, 0) is 24.2 Å². The number of benzene rings is 2. The van der Waals surface area contributed by atoms with Crippen molar-refractivity contribution < 1.29 is 23.0 Å². The number of hydrogen-bond donors (Lipinski definition) is 1. The molecule has 0 saturated heterocycles. The minimum atomic E-state index is -1.26. The Morgan fingerprint density at radius 1 is 1.22 bits per heavy atom. The molecule has 36 heavy (non-hydrogen) atoms. The molecule has 0 fully saturated rings. The summed E-state index contributed by atoms with van der Waals surface area (Å²) in [5.41, 5.74) is -0.0878. The van der Waals surface area contributed by atoms with Gasteiger partial charge in [0.15, 0.2) is 16.7 Å². The molecule has 0 unspecified atom stereocenters. The first-order valence-electron chi connectivity index (χ1n) is 10.9. The summed E-state index contributed by atoms with van der Waals surface area (Å²) in [6.45, 7) is 7.15. The van der Waals surface area contributed by atoms with Gasteiger partial charge >= 0.3 is 0 Å². The Bertz CT molecular complexity index is 1310. The summed E-state index contributed by atoms with van der Waals surface area (Å²) >= 11 is 12.2. The molecule has 0 aliphatic rings. The number of carbonyl (C=O) groups excluding carboxylic acids is 1. The van der Waals surface area contributed by atoms with Crippen molar-refractivity contribution in [3.05, 3.63) is 75.3 Å². The molecular formula is C24H24Cl2F2N4O3Si. The Kier molecular flexibility index (Phi) is 9.08. The Hall–Kier alpha value is -2.97. The average Bonchev–Trinajstić information content (AvgIpc) is 3.19. The van der Waals surface area contributed by atoms with Crippen molar-refractivity contribution in [1.82, 2.24) is 14.9 Å². The predicted molar refractivity (Wildman–Crippen MR) is 135 cm³/mol. The van der Waals surface area contributed by atoms with E-state index in [4.69, 9.17) is 37.9 Å². The van der Waals surface area contributed by atoms with Crippen LogP contribution in [0.15, 0.2) is 36.7 Å². The number of nitrogens with one attached hydrogen (secondary N) is 1. The van der Waals surface area contributed by atoms with Gasteiger partial charge in [0.1, 0.15) is 30.1 Å². The second-order valence-corrected chi connectivity index (χ2v) is 15.5. The molecule has 0 radical (unpaired) electrons. The highest BCUT2D eigenvalue weighted by Gasteiger charge is 2.21. The van der Waals surface area contributed by atoms with E-state index in [0.29, 0.717) is 6.61 Å². The highest BCUT2D eigenvalue weighted by atomic mass is 35.5. The van der Waals surface area contributed by atoms with E-state index in [1.807, 2.05) is 0 Å². The molecule has 190 valence electrons. The molecule has 0 aliphatic carbocycles.